The Kier molecular flexibility index (Phi) is 5.32. The summed E-state index contributed by atoms with van der Waals surface area (Å²) in [4.78, 5) is 19.4. The molecule has 2 heterocycles. The van der Waals surface area contributed by atoms with Gasteiger partial charge >= 0.3 is 0 Å². The van der Waals surface area contributed by atoms with Gasteiger partial charge in [0.15, 0.2) is 0 Å². The van der Waals surface area contributed by atoms with E-state index in [1.807, 2.05) is 59.5 Å². The molecule has 2 aromatic carbocycles. The summed E-state index contributed by atoms with van der Waals surface area (Å²) in [6.45, 7) is 5.00. The summed E-state index contributed by atoms with van der Waals surface area (Å²) < 4.78 is 5.78. The molecule has 0 atom stereocenters. The number of ether oxygens (including phenoxy) is 1. The number of para-hydroxylation sites is 1. The Morgan fingerprint density at radius 3 is 2.59 bits per heavy atom. The third kappa shape index (κ3) is 4.26. The molecule has 27 heavy (non-hydrogen) atoms. The fraction of sp³-hybridized carbons (Fsp3) is 0.286. The van der Waals surface area contributed by atoms with Crippen molar-refractivity contribution in [3.63, 3.8) is 0 Å². The lowest BCUT2D eigenvalue weighted by Gasteiger charge is -2.31. The number of aromatic nitrogens is 1. The lowest BCUT2D eigenvalue weighted by atomic mass is 10.2. The Morgan fingerprint density at radius 2 is 1.85 bits per heavy atom. The van der Waals surface area contributed by atoms with Crippen molar-refractivity contribution in [1.29, 1.82) is 0 Å². The quantitative estimate of drug-likeness (QED) is 0.708. The zero-order valence-electron chi connectivity index (χ0n) is 15.1. The number of fused-ring (bicyclic) bond motifs is 1. The van der Waals surface area contributed by atoms with Crippen LogP contribution in [0, 0.1) is 0 Å². The Morgan fingerprint density at radius 1 is 1.11 bits per heavy atom. The molecule has 6 heteroatoms. The number of aromatic amines is 1. The molecule has 0 unspecified atom stereocenters. The number of nitrogens with one attached hydrogen (secondary N) is 2. The molecule has 0 saturated carbocycles. The first-order valence-corrected chi connectivity index (χ1v) is 9.66. The maximum atomic E-state index is 12.8. The summed E-state index contributed by atoms with van der Waals surface area (Å²) in [6, 6.07) is 17.3. The maximum absolute atomic E-state index is 12.8. The highest BCUT2D eigenvalue weighted by Crippen LogP contribution is 2.16. The second kappa shape index (κ2) is 8.03. The summed E-state index contributed by atoms with van der Waals surface area (Å²) in [7, 11) is 0. The predicted molar refractivity (Wildman–Crippen MR) is 107 cm³/mol. The van der Waals surface area contributed by atoms with Crippen LogP contribution in [0.1, 0.15) is 10.5 Å². The van der Waals surface area contributed by atoms with Crippen LogP contribution in [0.25, 0.3) is 10.9 Å². The van der Waals surface area contributed by atoms with Crippen molar-refractivity contribution in [3.05, 3.63) is 65.3 Å². The molecular weight excluding hydrogens is 362 g/mol. The Hall–Kier alpha value is -2.50. The Labute approximate surface area is 163 Å². The molecule has 1 saturated heterocycles. The maximum Gasteiger partial charge on any atom is 0.270 e. The van der Waals surface area contributed by atoms with E-state index >= 15 is 0 Å². The number of halogens is 1. The van der Waals surface area contributed by atoms with Gasteiger partial charge in [0.2, 0.25) is 0 Å². The van der Waals surface area contributed by atoms with Crippen molar-refractivity contribution in [2.24, 2.45) is 0 Å². The summed E-state index contributed by atoms with van der Waals surface area (Å²) in [5.41, 5.74) is 1.68. The van der Waals surface area contributed by atoms with Crippen LogP contribution in [0.4, 0.5) is 0 Å². The predicted octanol–water partition coefficient (Wildman–Crippen LogP) is 2.24. The average molecular weight is 385 g/mol. The lowest BCUT2D eigenvalue weighted by molar-refractivity contribution is -0.903. The molecule has 140 valence electrons. The normalized spacial score (nSPS) is 15.2. The number of hydrogen-bond donors (Lipinski definition) is 2. The molecule has 0 bridgehead atoms. The molecule has 0 spiro atoms. The van der Waals surface area contributed by atoms with Crippen LogP contribution in [0.5, 0.6) is 5.75 Å². The Bertz CT molecular complexity index is 882. The third-order valence-electron chi connectivity index (χ3n) is 5.06. The van der Waals surface area contributed by atoms with Gasteiger partial charge in [0, 0.05) is 15.9 Å². The van der Waals surface area contributed by atoms with Crippen molar-refractivity contribution >= 4 is 28.4 Å². The molecule has 1 aliphatic rings. The number of benzene rings is 2. The van der Waals surface area contributed by atoms with E-state index in [0.717, 1.165) is 49.4 Å². The fourth-order valence-electron chi connectivity index (χ4n) is 3.48. The number of piperazine rings is 1. The number of hydrogen-bond acceptors (Lipinski definition) is 2. The average Bonchev–Trinajstić information content (AvgIpc) is 3.14. The highest BCUT2D eigenvalue weighted by Gasteiger charge is 2.25. The van der Waals surface area contributed by atoms with Crippen molar-refractivity contribution in [3.8, 4) is 5.75 Å². The number of rotatable bonds is 5. The van der Waals surface area contributed by atoms with E-state index in [1.54, 1.807) is 0 Å². The fourth-order valence-corrected chi connectivity index (χ4v) is 3.60. The number of amides is 1. The lowest BCUT2D eigenvalue weighted by Crippen LogP contribution is -3.15. The van der Waals surface area contributed by atoms with Gasteiger partial charge in [-0.05, 0) is 36.4 Å². The van der Waals surface area contributed by atoms with Crippen LogP contribution >= 0.6 is 11.6 Å². The standard InChI is InChI=1S/C21H22ClN3O2/c22-17-5-7-18(8-6-17)27-14-13-24-9-11-25(12-10-24)21(26)20-15-16-3-1-2-4-19(16)23-20/h1-8,15,23H,9-14H2/p+1. The van der Waals surface area contributed by atoms with Gasteiger partial charge in [-0.3, -0.25) is 4.79 Å². The number of H-pyrrole nitrogens is 1. The molecule has 0 radical (unpaired) electrons. The number of nitrogens with zero attached hydrogens (tertiary/aromatic N) is 1. The summed E-state index contributed by atoms with van der Waals surface area (Å²) in [6.07, 6.45) is 0. The van der Waals surface area contributed by atoms with Gasteiger partial charge in [0.25, 0.3) is 5.91 Å². The van der Waals surface area contributed by atoms with E-state index < -0.39 is 0 Å². The molecule has 1 amide bonds. The Balaban J connectivity index is 1.25. The van der Waals surface area contributed by atoms with Gasteiger partial charge in [0.05, 0.1) is 26.2 Å². The first-order chi connectivity index (χ1) is 13.2. The molecule has 5 nitrogen and oxygen atoms in total. The molecule has 3 aromatic rings. The van der Waals surface area contributed by atoms with E-state index in [1.165, 1.54) is 4.90 Å². The molecule has 2 N–H and O–H groups in total. The van der Waals surface area contributed by atoms with Crippen LogP contribution in [-0.2, 0) is 0 Å². The minimum atomic E-state index is 0.0858. The highest BCUT2D eigenvalue weighted by atomic mass is 35.5. The first kappa shape index (κ1) is 17.9. The second-order valence-corrected chi connectivity index (χ2v) is 7.30. The van der Waals surface area contributed by atoms with Crippen LogP contribution in [-0.4, -0.2) is 55.1 Å². The van der Waals surface area contributed by atoms with Gasteiger partial charge < -0.3 is 19.5 Å². The number of quaternary nitrogens is 1. The zero-order chi connectivity index (χ0) is 18.6. The van der Waals surface area contributed by atoms with Gasteiger partial charge in [-0.15, -0.1) is 0 Å². The van der Waals surface area contributed by atoms with Gasteiger partial charge in [-0.25, -0.2) is 0 Å². The van der Waals surface area contributed by atoms with Gasteiger partial charge in [-0.1, -0.05) is 29.8 Å². The molecule has 1 aromatic heterocycles. The van der Waals surface area contributed by atoms with E-state index in [4.69, 9.17) is 16.3 Å². The molecule has 1 aliphatic heterocycles. The number of carbonyl (C=O) groups is 1. The number of carbonyl (C=O) groups excluding carboxylic acids is 1. The monoisotopic (exact) mass is 384 g/mol. The minimum Gasteiger partial charge on any atom is -0.488 e. The third-order valence-corrected chi connectivity index (χ3v) is 5.31. The van der Waals surface area contributed by atoms with E-state index in [0.29, 0.717) is 17.3 Å². The van der Waals surface area contributed by atoms with Gasteiger partial charge in [-0.2, -0.15) is 0 Å². The topological polar surface area (TPSA) is 49.8 Å². The van der Waals surface area contributed by atoms with Crippen LogP contribution < -0.4 is 9.64 Å². The van der Waals surface area contributed by atoms with E-state index in [-0.39, 0.29) is 5.91 Å². The zero-order valence-corrected chi connectivity index (χ0v) is 15.8. The first-order valence-electron chi connectivity index (χ1n) is 9.28. The van der Waals surface area contributed by atoms with Crippen molar-refractivity contribution in [2.75, 3.05) is 39.3 Å². The van der Waals surface area contributed by atoms with Crippen molar-refractivity contribution < 1.29 is 14.4 Å². The van der Waals surface area contributed by atoms with E-state index in [9.17, 15) is 4.79 Å². The molecule has 1 fully saturated rings. The largest absolute Gasteiger partial charge is 0.488 e. The minimum absolute atomic E-state index is 0.0858. The smallest absolute Gasteiger partial charge is 0.270 e. The second-order valence-electron chi connectivity index (χ2n) is 6.86. The molecule has 0 aliphatic carbocycles. The van der Waals surface area contributed by atoms with Crippen molar-refractivity contribution in [2.45, 2.75) is 0 Å². The van der Waals surface area contributed by atoms with E-state index in [2.05, 4.69) is 4.98 Å². The summed E-state index contributed by atoms with van der Waals surface area (Å²) in [5.74, 6) is 0.925. The van der Waals surface area contributed by atoms with Crippen LogP contribution in [0.3, 0.4) is 0 Å². The van der Waals surface area contributed by atoms with Crippen molar-refractivity contribution in [1.82, 2.24) is 9.88 Å². The molecule has 4 rings (SSSR count). The summed E-state index contributed by atoms with van der Waals surface area (Å²) in [5, 5.41) is 1.79. The summed E-state index contributed by atoms with van der Waals surface area (Å²) >= 11 is 5.88. The SMILES string of the molecule is O=C(c1cc2ccccc2[nH]1)N1CC[NH+](CCOc2ccc(Cl)cc2)CC1. The van der Waals surface area contributed by atoms with Gasteiger partial charge in [0.1, 0.15) is 24.6 Å². The molecular formula is C21H23ClN3O2+. The van der Waals surface area contributed by atoms with Crippen LogP contribution in [0.2, 0.25) is 5.02 Å². The highest BCUT2D eigenvalue weighted by molar-refractivity contribution is 6.30. The van der Waals surface area contributed by atoms with Crippen LogP contribution in [0.15, 0.2) is 54.6 Å².